The summed E-state index contributed by atoms with van der Waals surface area (Å²) in [5.74, 6) is 1.36. The Morgan fingerprint density at radius 1 is 1.29 bits per heavy atom. The highest BCUT2D eigenvalue weighted by Gasteiger charge is 2.39. The summed E-state index contributed by atoms with van der Waals surface area (Å²) in [6.07, 6.45) is 3.36. The molecule has 120 valence electrons. The lowest BCUT2D eigenvalue weighted by Gasteiger charge is -2.33. The van der Waals surface area contributed by atoms with Crippen LogP contribution in [0.25, 0.3) is 0 Å². The summed E-state index contributed by atoms with van der Waals surface area (Å²) in [5, 5.41) is 7.61. The van der Waals surface area contributed by atoms with Gasteiger partial charge in [0.1, 0.15) is 5.60 Å². The Hall–Kier alpha value is -0.980. The molecule has 21 heavy (non-hydrogen) atoms. The highest BCUT2D eigenvalue weighted by molar-refractivity contribution is 5.04. The van der Waals surface area contributed by atoms with Gasteiger partial charge in [-0.15, -0.1) is 0 Å². The number of hydrogen-bond donors (Lipinski definition) is 1. The lowest BCUT2D eigenvalue weighted by atomic mass is 9.93. The van der Waals surface area contributed by atoms with Crippen LogP contribution in [0.4, 0.5) is 0 Å². The predicted octanol–water partition coefficient (Wildman–Crippen LogP) is 2.04. The van der Waals surface area contributed by atoms with Crippen LogP contribution in [0, 0.1) is 0 Å². The van der Waals surface area contributed by atoms with Gasteiger partial charge in [0.15, 0.2) is 0 Å². The molecule has 0 aliphatic carbocycles. The van der Waals surface area contributed by atoms with E-state index in [4.69, 9.17) is 14.0 Å². The van der Waals surface area contributed by atoms with E-state index in [0.717, 1.165) is 32.2 Å². The minimum Gasteiger partial charge on any atom is -0.381 e. The van der Waals surface area contributed by atoms with Gasteiger partial charge < -0.3 is 19.3 Å². The highest BCUT2D eigenvalue weighted by Crippen LogP contribution is 2.34. The summed E-state index contributed by atoms with van der Waals surface area (Å²) in [4.78, 5) is 4.60. The molecule has 2 heterocycles. The lowest BCUT2D eigenvalue weighted by molar-refractivity contribution is -0.118. The third-order valence-electron chi connectivity index (χ3n) is 4.00. The molecule has 0 saturated carbocycles. The lowest BCUT2D eigenvalue weighted by Crippen LogP contribution is -2.37. The first kappa shape index (κ1) is 16.4. The summed E-state index contributed by atoms with van der Waals surface area (Å²) in [5.41, 5.74) is -0.436. The van der Waals surface area contributed by atoms with Gasteiger partial charge in [-0.25, -0.2) is 0 Å². The Balaban J connectivity index is 2.09. The Kier molecular flexibility index (Phi) is 6.14. The van der Waals surface area contributed by atoms with Crippen LogP contribution < -0.4 is 5.32 Å². The Morgan fingerprint density at radius 2 is 2.05 bits per heavy atom. The van der Waals surface area contributed by atoms with E-state index < -0.39 is 5.60 Å². The van der Waals surface area contributed by atoms with Crippen LogP contribution in [0.15, 0.2) is 4.52 Å². The largest absolute Gasteiger partial charge is 0.381 e. The van der Waals surface area contributed by atoms with Crippen molar-refractivity contribution < 1.29 is 14.0 Å². The number of aromatic nitrogens is 2. The second-order valence-electron chi connectivity index (χ2n) is 5.42. The average Bonchev–Trinajstić information content (AvgIpc) is 2.97. The first-order chi connectivity index (χ1) is 10.2. The third-order valence-corrected chi connectivity index (χ3v) is 4.00. The number of ether oxygens (including phenoxy) is 2. The van der Waals surface area contributed by atoms with E-state index in [9.17, 15) is 0 Å². The molecule has 6 nitrogen and oxygen atoms in total. The van der Waals surface area contributed by atoms with Gasteiger partial charge in [0.05, 0.1) is 0 Å². The van der Waals surface area contributed by atoms with Gasteiger partial charge in [0.2, 0.25) is 11.7 Å². The van der Waals surface area contributed by atoms with Crippen molar-refractivity contribution in [3.05, 3.63) is 11.7 Å². The number of nitrogens with one attached hydrogen (secondary N) is 1. The molecule has 1 N–H and O–H groups in total. The Bertz CT molecular complexity index is 411. The first-order valence-electron chi connectivity index (χ1n) is 8.02. The van der Waals surface area contributed by atoms with Crippen molar-refractivity contribution in [2.45, 2.75) is 58.1 Å². The molecule has 0 bridgehead atoms. The molecule has 0 spiro atoms. The fraction of sp³-hybridized carbons (Fsp3) is 0.867. The molecule has 1 aliphatic heterocycles. The van der Waals surface area contributed by atoms with Gasteiger partial charge in [-0.2, -0.15) is 4.98 Å². The molecule has 2 rings (SSSR count). The molecule has 0 aromatic carbocycles. The standard InChI is InChI=1S/C15H27N3O3/c1-4-12(16-5-2)11-13-17-14(18-21-13)15(20-6-3)7-9-19-10-8-15/h12,16H,4-11H2,1-3H3. The van der Waals surface area contributed by atoms with Crippen molar-refractivity contribution in [1.29, 1.82) is 0 Å². The number of rotatable bonds is 8. The van der Waals surface area contributed by atoms with Crippen LogP contribution in [0.3, 0.4) is 0 Å². The van der Waals surface area contributed by atoms with E-state index in [0.29, 0.717) is 37.6 Å². The molecular formula is C15H27N3O3. The predicted molar refractivity (Wildman–Crippen MR) is 79.1 cm³/mol. The van der Waals surface area contributed by atoms with Crippen molar-refractivity contribution in [3.63, 3.8) is 0 Å². The van der Waals surface area contributed by atoms with E-state index in [2.05, 4.69) is 29.3 Å². The minimum atomic E-state index is -0.436. The van der Waals surface area contributed by atoms with Crippen LogP contribution in [-0.2, 0) is 21.5 Å². The van der Waals surface area contributed by atoms with Crippen LogP contribution in [0.5, 0.6) is 0 Å². The van der Waals surface area contributed by atoms with E-state index in [1.165, 1.54) is 0 Å². The van der Waals surface area contributed by atoms with Crippen molar-refractivity contribution >= 4 is 0 Å². The van der Waals surface area contributed by atoms with Gasteiger partial charge in [-0.1, -0.05) is 19.0 Å². The minimum absolute atomic E-state index is 0.376. The molecule has 6 heteroatoms. The summed E-state index contributed by atoms with van der Waals surface area (Å²) >= 11 is 0. The van der Waals surface area contributed by atoms with Gasteiger partial charge in [0.25, 0.3) is 0 Å². The van der Waals surface area contributed by atoms with Gasteiger partial charge in [-0.3, -0.25) is 0 Å². The maximum Gasteiger partial charge on any atom is 0.228 e. The van der Waals surface area contributed by atoms with Gasteiger partial charge in [0, 0.05) is 45.1 Å². The van der Waals surface area contributed by atoms with Crippen LogP contribution in [0.2, 0.25) is 0 Å². The Morgan fingerprint density at radius 3 is 2.67 bits per heavy atom. The van der Waals surface area contributed by atoms with Crippen molar-refractivity contribution in [2.75, 3.05) is 26.4 Å². The number of nitrogens with zero attached hydrogens (tertiary/aromatic N) is 2. The average molecular weight is 297 g/mol. The van der Waals surface area contributed by atoms with E-state index in [1.807, 2.05) is 6.92 Å². The molecule has 1 saturated heterocycles. The van der Waals surface area contributed by atoms with Crippen LogP contribution >= 0.6 is 0 Å². The Labute approximate surface area is 126 Å². The first-order valence-corrected chi connectivity index (χ1v) is 8.02. The highest BCUT2D eigenvalue weighted by atomic mass is 16.5. The number of likely N-dealkylation sites (N-methyl/N-ethyl adjacent to an activating group) is 1. The second kappa shape index (κ2) is 7.87. The smallest absolute Gasteiger partial charge is 0.228 e. The van der Waals surface area contributed by atoms with E-state index >= 15 is 0 Å². The van der Waals surface area contributed by atoms with Crippen LogP contribution in [-0.4, -0.2) is 42.5 Å². The quantitative estimate of drug-likeness (QED) is 0.792. The maximum absolute atomic E-state index is 5.97. The van der Waals surface area contributed by atoms with Crippen molar-refractivity contribution in [2.24, 2.45) is 0 Å². The molecule has 1 fully saturated rings. The number of hydrogen-bond acceptors (Lipinski definition) is 6. The molecule has 0 amide bonds. The zero-order valence-corrected chi connectivity index (χ0v) is 13.4. The molecule has 1 aromatic heterocycles. The monoisotopic (exact) mass is 297 g/mol. The van der Waals surface area contributed by atoms with Crippen LogP contribution in [0.1, 0.15) is 51.7 Å². The molecule has 1 atom stereocenters. The zero-order valence-electron chi connectivity index (χ0n) is 13.4. The summed E-state index contributed by atoms with van der Waals surface area (Å²) < 4.78 is 16.9. The molecular weight excluding hydrogens is 270 g/mol. The molecule has 1 aliphatic rings. The van der Waals surface area contributed by atoms with Gasteiger partial charge in [-0.05, 0) is 19.9 Å². The molecule has 1 aromatic rings. The maximum atomic E-state index is 5.97. The van der Waals surface area contributed by atoms with Crippen molar-refractivity contribution in [3.8, 4) is 0 Å². The van der Waals surface area contributed by atoms with E-state index in [1.54, 1.807) is 0 Å². The fourth-order valence-electron chi connectivity index (χ4n) is 2.79. The third kappa shape index (κ3) is 4.02. The van der Waals surface area contributed by atoms with Crippen molar-refractivity contribution in [1.82, 2.24) is 15.5 Å². The second-order valence-corrected chi connectivity index (χ2v) is 5.42. The summed E-state index contributed by atoms with van der Waals surface area (Å²) in [6.45, 7) is 9.20. The normalized spacial score (nSPS) is 19.6. The molecule has 1 unspecified atom stereocenters. The SMILES string of the molecule is CCNC(CC)Cc1nc(C2(OCC)CCOCC2)no1. The van der Waals surface area contributed by atoms with Gasteiger partial charge >= 0.3 is 0 Å². The summed E-state index contributed by atoms with van der Waals surface area (Å²) in [7, 11) is 0. The fourth-order valence-corrected chi connectivity index (χ4v) is 2.79. The molecule has 0 radical (unpaired) electrons. The summed E-state index contributed by atoms with van der Waals surface area (Å²) in [6, 6.07) is 0.376. The topological polar surface area (TPSA) is 69.4 Å². The van der Waals surface area contributed by atoms with E-state index in [-0.39, 0.29) is 0 Å². The zero-order chi connectivity index (χ0) is 15.1.